The van der Waals surface area contributed by atoms with Gasteiger partial charge in [0.15, 0.2) is 11.5 Å². The van der Waals surface area contributed by atoms with Crippen molar-refractivity contribution in [2.45, 2.75) is 52.2 Å². The number of nitrogens with one attached hydrogen (secondary N) is 1. The van der Waals surface area contributed by atoms with Gasteiger partial charge in [0.1, 0.15) is 29.7 Å². The van der Waals surface area contributed by atoms with E-state index in [9.17, 15) is 10.1 Å². The van der Waals surface area contributed by atoms with Crippen LogP contribution in [0.25, 0.3) is 6.08 Å². The molecule has 1 fully saturated rings. The highest BCUT2D eigenvalue weighted by Gasteiger charge is 2.24. The van der Waals surface area contributed by atoms with Gasteiger partial charge in [-0.25, -0.2) is 0 Å². The van der Waals surface area contributed by atoms with E-state index >= 15 is 0 Å². The molecule has 1 N–H and O–H groups in total. The summed E-state index contributed by atoms with van der Waals surface area (Å²) in [4.78, 5) is 12.8. The number of carbonyl (C=O) groups excluding carboxylic acids is 1. The summed E-state index contributed by atoms with van der Waals surface area (Å²) in [5.74, 6) is 2.56. The lowest BCUT2D eigenvalue weighted by atomic mass is 9.86. The maximum absolute atomic E-state index is 12.8. The van der Waals surface area contributed by atoms with Gasteiger partial charge in [0, 0.05) is 11.6 Å². The summed E-state index contributed by atoms with van der Waals surface area (Å²) in [6.45, 7) is 4.73. The minimum absolute atomic E-state index is 0.0695. The molecule has 2 aromatic carbocycles. The predicted octanol–water partition coefficient (Wildman–Crippen LogP) is 5.28. The van der Waals surface area contributed by atoms with E-state index in [4.69, 9.17) is 18.9 Å². The summed E-state index contributed by atoms with van der Waals surface area (Å²) in [6.07, 6.45) is 5.91. The molecule has 35 heavy (non-hydrogen) atoms. The van der Waals surface area contributed by atoms with Gasteiger partial charge in [-0.2, -0.15) is 5.26 Å². The third-order valence-corrected chi connectivity index (χ3v) is 6.24. The zero-order valence-electron chi connectivity index (χ0n) is 20.9. The van der Waals surface area contributed by atoms with Gasteiger partial charge in [-0.1, -0.05) is 25.8 Å². The first-order chi connectivity index (χ1) is 17.0. The summed E-state index contributed by atoms with van der Waals surface area (Å²) >= 11 is 0. The van der Waals surface area contributed by atoms with Crippen molar-refractivity contribution in [3.8, 4) is 29.1 Å². The molecule has 7 heteroatoms. The summed E-state index contributed by atoms with van der Waals surface area (Å²) < 4.78 is 22.6. The lowest BCUT2D eigenvalue weighted by molar-refractivity contribution is -0.118. The number of carbonyl (C=O) groups is 1. The minimum Gasteiger partial charge on any atom is -0.497 e. The average Bonchev–Trinajstić information content (AvgIpc) is 2.88. The first-order valence-electron chi connectivity index (χ1n) is 12.0. The number of amides is 1. The predicted molar refractivity (Wildman–Crippen MR) is 135 cm³/mol. The van der Waals surface area contributed by atoms with Crippen LogP contribution in [0.5, 0.6) is 23.0 Å². The highest BCUT2D eigenvalue weighted by Crippen LogP contribution is 2.32. The van der Waals surface area contributed by atoms with Crippen LogP contribution in [0.1, 0.15) is 50.7 Å². The maximum Gasteiger partial charge on any atom is 0.262 e. The van der Waals surface area contributed by atoms with Crippen molar-refractivity contribution in [3.63, 3.8) is 0 Å². The molecule has 7 nitrogen and oxygen atoms in total. The lowest BCUT2D eigenvalue weighted by Gasteiger charge is -2.29. The second kappa shape index (κ2) is 12.7. The number of methoxy groups -OCH3 is 2. The van der Waals surface area contributed by atoms with Crippen molar-refractivity contribution >= 4 is 12.0 Å². The van der Waals surface area contributed by atoms with E-state index < -0.39 is 0 Å². The number of ether oxygens (including phenoxy) is 4. The van der Waals surface area contributed by atoms with E-state index in [1.165, 1.54) is 6.42 Å². The van der Waals surface area contributed by atoms with Gasteiger partial charge in [-0.05, 0) is 67.7 Å². The number of rotatable bonds is 10. The van der Waals surface area contributed by atoms with Crippen molar-refractivity contribution in [1.82, 2.24) is 5.32 Å². The number of hydrogen-bond acceptors (Lipinski definition) is 6. The molecular weight excluding hydrogens is 444 g/mol. The molecule has 0 heterocycles. The molecule has 1 aliphatic carbocycles. The van der Waals surface area contributed by atoms with Gasteiger partial charge in [-0.3, -0.25) is 4.79 Å². The molecular formula is C28H34N2O5. The molecule has 2 atom stereocenters. The molecule has 3 rings (SSSR count). The Balaban J connectivity index is 1.77. The molecule has 1 saturated carbocycles. The maximum atomic E-state index is 12.8. The fourth-order valence-corrected chi connectivity index (χ4v) is 4.24. The molecule has 2 aromatic rings. The third-order valence-electron chi connectivity index (χ3n) is 6.24. The van der Waals surface area contributed by atoms with Crippen molar-refractivity contribution < 1.29 is 23.7 Å². The van der Waals surface area contributed by atoms with E-state index in [0.717, 1.165) is 24.8 Å². The normalized spacial score (nSPS) is 17.7. The SMILES string of the molecule is CCOc1cc(/C=C(\C#N)C(=O)N[C@@H]2CCCC[C@@H]2C)ccc1OCc1cc(OC)ccc1OC. The summed E-state index contributed by atoms with van der Waals surface area (Å²) in [6, 6.07) is 13.0. The van der Waals surface area contributed by atoms with Crippen LogP contribution in [0, 0.1) is 17.2 Å². The van der Waals surface area contributed by atoms with Crippen LogP contribution in [0.2, 0.25) is 0 Å². The van der Waals surface area contributed by atoms with Crippen LogP contribution in [0.4, 0.5) is 0 Å². The van der Waals surface area contributed by atoms with Crippen molar-refractivity contribution in [2.75, 3.05) is 20.8 Å². The molecule has 0 radical (unpaired) electrons. The Morgan fingerprint density at radius 1 is 1.06 bits per heavy atom. The van der Waals surface area contributed by atoms with Gasteiger partial charge >= 0.3 is 0 Å². The third kappa shape index (κ3) is 6.92. The van der Waals surface area contributed by atoms with Crippen molar-refractivity contribution in [2.24, 2.45) is 5.92 Å². The van der Waals surface area contributed by atoms with Gasteiger partial charge in [0.25, 0.3) is 5.91 Å². The summed E-state index contributed by atoms with van der Waals surface area (Å²) in [5, 5.41) is 12.7. The van der Waals surface area contributed by atoms with Gasteiger partial charge in [0.05, 0.1) is 20.8 Å². The lowest BCUT2D eigenvalue weighted by Crippen LogP contribution is -2.41. The van der Waals surface area contributed by atoms with Crippen LogP contribution < -0.4 is 24.3 Å². The molecule has 1 amide bonds. The molecule has 0 unspecified atom stereocenters. The van der Waals surface area contributed by atoms with Crippen molar-refractivity contribution in [3.05, 3.63) is 53.1 Å². The zero-order valence-corrected chi connectivity index (χ0v) is 20.9. The monoisotopic (exact) mass is 478 g/mol. The highest BCUT2D eigenvalue weighted by molar-refractivity contribution is 6.01. The first-order valence-corrected chi connectivity index (χ1v) is 12.0. The molecule has 0 bridgehead atoms. The van der Waals surface area contributed by atoms with Crippen LogP contribution in [-0.2, 0) is 11.4 Å². The number of hydrogen-bond donors (Lipinski definition) is 1. The molecule has 1 aliphatic rings. The van der Waals surface area contributed by atoms with Gasteiger partial charge < -0.3 is 24.3 Å². The smallest absolute Gasteiger partial charge is 0.262 e. The Bertz CT molecular complexity index is 1090. The van der Waals surface area contributed by atoms with Gasteiger partial charge in [-0.15, -0.1) is 0 Å². The Kier molecular flexibility index (Phi) is 9.42. The fourth-order valence-electron chi connectivity index (χ4n) is 4.24. The van der Waals surface area contributed by atoms with Crippen LogP contribution >= 0.6 is 0 Å². The van der Waals surface area contributed by atoms with E-state index in [-0.39, 0.29) is 24.1 Å². The fraction of sp³-hybridized carbons (Fsp3) is 0.429. The average molecular weight is 479 g/mol. The van der Waals surface area contributed by atoms with Gasteiger partial charge in [0.2, 0.25) is 0 Å². The quantitative estimate of drug-likeness (QED) is 0.369. The first kappa shape index (κ1) is 26.0. The standard InChI is InChI=1S/C28H34N2O5/c1-5-34-27-15-20(14-21(17-29)28(31)30-24-9-7-6-8-19(24)2)10-12-26(27)35-18-22-16-23(32-3)11-13-25(22)33-4/h10-16,19,24H,5-9,18H2,1-4H3,(H,30,31)/b21-14+/t19-,24+/m0/s1. The Hall–Kier alpha value is -3.66. The largest absolute Gasteiger partial charge is 0.497 e. The Morgan fingerprint density at radius 2 is 1.83 bits per heavy atom. The van der Waals surface area contributed by atoms with Crippen LogP contribution in [-0.4, -0.2) is 32.8 Å². The van der Waals surface area contributed by atoms with E-state index in [1.807, 2.05) is 31.2 Å². The second-order valence-corrected chi connectivity index (χ2v) is 8.62. The van der Waals surface area contributed by atoms with Crippen LogP contribution in [0.3, 0.4) is 0 Å². The Morgan fingerprint density at radius 3 is 2.51 bits per heavy atom. The van der Waals surface area contributed by atoms with E-state index in [2.05, 4.69) is 12.2 Å². The minimum atomic E-state index is -0.338. The zero-order chi connectivity index (χ0) is 25.2. The van der Waals surface area contributed by atoms with Crippen LogP contribution in [0.15, 0.2) is 42.0 Å². The molecule has 0 aliphatic heterocycles. The second-order valence-electron chi connectivity index (χ2n) is 8.62. The molecule has 0 spiro atoms. The number of nitriles is 1. The molecule has 0 aromatic heterocycles. The molecule has 0 saturated heterocycles. The van der Waals surface area contributed by atoms with Crippen molar-refractivity contribution in [1.29, 1.82) is 5.26 Å². The Labute approximate surface area is 207 Å². The number of benzene rings is 2. The number of nitrogens with zero attached hydrogens (tertiary/aromatic N) is 1. The highest BCUT2D eigenvalue weighted by atomic mass is 16.5. The van der Waals surface area contributed by atoms with E-state index in [1.54, 1.807) is 38.5 Å². The topological polar surface area (TPSA) is 89.8 Å². The van der Waals surface area contributed by atoms with E-state index in [0.29, 0.717) is 41.1 Å². The summed E-state index contributed by atoms with van der Waals surface area (Å²) in [5.41, 5.74) is 1.59. The molecule has 186 valence electrons. The summed E-state index contributed by atoms with van der Waals surface area (Å²) in [7, 11) is 3.22.